The Labute approximate surface area is 133 Å². The Bertz CT molecular complexity index is 480. The lowest BCUT2D eigenvalue weighted by Gasteiger charge is -2.35. The number of aryl methyl sites for hydroxylation is 1. The number of halogens is 1. The summed E-state index contributed by atoms with van der Waals surface area (Å²) in [5.41, 5.74) is 2.82. The van der Waals surface area contributed by atoms with E-state index in [0.717, 1.165) is 37.2 Å². The van der Waals surface area contributed by atoms with Crippen LogP contribution in [0.25, 0.3) is 0 Å². The average molecular weight is 313 g/mol. The van der Waals surface area contributed by atoms with E-state index in [4.69, 9.17) is 4.74 Å². The van der Waals surface area contributed by atoms with Gasteiger partial charge in [-0.3, -0.25) is 4.79 Å². The summed E-state index contributed by atoms with van der Waals surface area (Å²) in [7, 11) is 1.66. The van der Waals surface area contributed by atoms with Gasteiger partial charge in [0.25, 0.3) is 0 Å². The van der Waals surface area contributed by atoms with Gasteiger partial charge in [0.05, 0.1) is 12.0 Å². The van der Waals surface area contributed by atoms with Crippen LogP contribution < -0.4 is 10.6 Å². The van der Waals surface area contributed by atoms with Crippen molar-refractivity contribution in [2.24, 2.45) is 5.41 Å². The van der Waals surface area contributed by atoms with E-state index in [-0.39, 0.29) is 18.3 Å². The number of piperidine rings is 1. The van der Waals surface area contributed by atoms with Crippen molar-refractivity contribution in [1.29, 1.82) is 0 Å². The van der Waals surface area contributed by atoms with Crippen molar-refractivity contribution in [3.8, 4) is 0 Å². The van der Waals surface area contributed by atoms with E-state index in [1.54, 1.807) is 7.11 Å². The molecule has 0 aliphatic carbocycles. The van der Waals surface area contributed by atoms with Gasteiger partial charge >= 0.3 is 0 Å². The van der Waals surface area contributed by atoms with Crippen molar-refractivity contribution >= 4 is 24.0 Å². The summed E-state index contributed by atoms with van der Waals surface area (Å²) in [6.45, 7) is 6.30. The van der Waals surface area contributed by atoms with E-state index < -0.39 is 5.41 Å². The molecule has 118 valence electrons. The molecule has 4 nitrogen and oxygen atoms in total. The molecule has 1 aliphatic heterocycles. The van der Waals surface area contributed by atoms with Gasteiger partial charge in [-0.25, -0.2) is 0 Å². The van der Waals surface area contributed by atoms with Crippen LogP contribution in [-0.2, 0) is 9.53 Å². The van der Waals surface area contributed by atoms with E-state index >= 15 is 0 Å². The fourth-order valence-corrected chi connectivity index (χ4v) is 2.76. The lowest BCUT2D eigenvalue weighted by Crippen LogP contribution is -2.47. The molecule has 0 aromatic heterocycles. The lowest BCUT2D eigenvalue weighted by atomic mass is 9.78. The number of amides is 1. The quantitative estimate of drug-likeness (QED) is 0.898. The summed E-state index contributed by atoms with van der Waals surface area (Å²) in [5.74, 6) is 0.0783. The van der Waals surface area contributed by atoms with Gasteiger partial charge in [-0.15, -0.1) is 12.4 Å². The highest BCUT2D eigenvalue weighted by molar-refractivity contribution is 5.96. The first-order chi connectivity index (χ1) is 9.59. The standard InChI is InChI=1S/C16H24N2O2.ClH/c1-12-5-4-6-14(13(12)2)18-15(19)16(11-20-3)7-9-17-10-8-16;/h4-6,17H,7-11H2,1-3H3,(H,18,19);1H. The predicted molar refractivity (Wildman–Crippen MR) is 88.2 cm³/mol. The Morgan fingerprint density at radius 3 is 2.62 bits per heavy atom. The zero-order valence-corrected chi connectivity index (χ0v) is 13.8. The number of anilines is 1. The number of ether oxygens (including phenoxy) is 1. The maximum absolute atomic E-state index is 12.7. The maximum atomic E-state index is 12.7. The molecule has 21 heavy (non-hydrogen) atoms. The molecule has 0 bridgehead atoms. The number of methoxy groups -OCH3 is 1. The fourth-order valence-electron chi connectivity index (χ4n) is 2.76. The Morgan fingerprint density at radius 1 is 1.33 bits per heavy atom. The van der Waals surface area contributed by atoms with Crippen LogP contribution in [0.2, 0.25) is 0 Å². The largest absolute Gasteiger partial charge is 0.384 e. The van der Waals surface area contributed by atoms with E-state index in [1.807, 2.05) is 19.1 Å². The minimum absolute atomic E-state index is 0. The SMILES string of the molecule is COCC1(C(=O)Nc2cccc(C)c2C)CCNCC1.Cl. The minimum atomic E-state index is -0.407. The van der Waals surface area contributed by atoms with Crippen LogP contribution in [-0.4, -0.2) is 32.7 Å². The normalized spacial score (nSPS) is 16.9. The third-order valence-corrected chi connectivity index (χ3v) is 4.32. The van der Waals surface area contributed by atoms with Gasteiger partial charge in [0.15, 0.2) is 0 Å². The molecule has 1 fully saturated rings. The summed E-state index contributed by atoms with van der Waals surface area (Å²) in [5, 5.41) is 6.40. The van der Waals surface area contributed by atoms with E-state index in [1.165, 1.54) is 5.56 Å². The van der Waals surface area contributed by atoms with E-state index in [2.05, 4.69) is 23.6 Å². The molecule has 0 unspecified atom stereocenters. The Morgan fingerprint density at radius 2 is 2.00 bits per heavy atom. The number of benzene rings is 1. The molecule has 2 N–H and O–H groups in total. The number of nitrogens with one attached hydrogen (secondary N) is 2. The van der Waals surface area contributed by atoms with Crippen molar-refractivity contribution in [3.05, 3.63) is 29.3 Å². The van der Waals surface area contributed by atoms with Gasteiger partial charge in [-0.05, 0) is 57.0 Å². The van der Waals surface area contributed by atoms with Crippen LogP contribution in [0.15, 0.2) is 18.2 Å². The highest BCUT2D eigenvalue weighted by atomic mass is 35.5. The average Bonchev–Trinajstić information content (AvgIpc) is 2.45. The van der Waals surface area contributed by atoms with E-state index in [0.29, 0.717) is 6.61 Å². The number of rotatable bonds is 4. The number of carbonyl (C=O) groups is 1. The van der Waals surface area contributed by atoms with Gasteiger partial charge < -0.3 is 15.4 Å². The Balaban J connectivity index is 0.00000220. The van der Waals surface area contributed by atoms with Crippen LogP contribution in [0.5, 0.6) is 0 Å². The molecule has 2 rings (SSSR count). The third-order valence-electron chi connectivity index (χ3n) is 4.32. The molecule has 0 saturated carbocycles. The van der Waals surface area contributed by atoms with Gasteiger partial charge in [0.2, 0.25) is 5.91 Å². The summed E-state index contributed by atoms with van der Waals surface area (Å²) < 4.78 is 5.31. The van der Waals surface area contributed by atoms with Gasteiger partial charge in [-0.2, -0.15) is 0 Å². The zero-order valence-electron chi connectivity index (χ0n) is 13.0. The van der Waals surface area contributed by atoms with Crippen LogP contribution in [0.1, 0.15) is 24.0 Å². The third kappa shape index (κ3) is 3.96. The minimum Gasteiger partial charge on any atom is -0.384 e. The molecule has 1 amide bonds. The Hall–Kier alpha value is -1.10. The fraction of sp³-hybridized carbons (Fsp3) is 0.562. The molecule has 0 atom stereocenters. The molecule has 1 aromatic carbocycles. The Kier molecular flexibility index (Phi) is 6.65. The van der Waals surface area contributed by atoms with Crippen LogP contribution >= 0.6 is 12.4 Å². The highest BCUT2D eigenvalue weighted by Gasteiger charge is 2.39. The van der Waals surface area contributed by atoms with Crippen molar-refractivity contribution < 1.29 is 9.53 Å². The molecule has 1 heterocycles. The first kappa shape index (κ1) is 18.0. The second-order valence-electron chi connectivity index (χ2n) is 5.66. The van der Waals surface area contributed by atoms with Crippen LogP contribution in [0, 0.1) is 19.3 Å². The predicted octanol–water partition coefficient (Wildman–Crippen LogP) is 2.68. The van der Waals surface area contributed by atoms with Crippen molar-refractivity contribution in [2.75, 3.05) is 32.1 Å². The van der Waals surface area contributed by atoms with Crippen molar-refractivity contribution in [3.63, 3.8) is 0 Å². The smallest absolute Gasteiger partial charge is 0.233 e. The first-order valence-electron chi connectivity index (χ1n) is 7.16. The first-order valence-corrected chi connectivity index (χ1v) is 7.16. The molecule has 1 saturated heterocycles. The summed E-state index contributed by atoms with van der Waals surface area (Å²) in [6.07, 6.45) is 1.63. The summed E-state index contributed by atoms with van der Waals surface area (Å²) >= 11 is 0. The molecular formula is C16H25ClN2O2. The number of hydrogen-bond donors (Lipinski definition) is 2. The van der Waals surface area contributed by atoms with Gasteiger partial charge in [-0.1, -0.05) is 12.1 Å². The van der Waals surface area contributed by atoms with Crippen LogP contribution in [0.4, 0.5) is 5.69 Å². The molecule has 1 aliphatic rings. The second kappa shape index (κ2) is 7.78. The monoisotopic (exact) mass is 312 g/mol. The van der Waals surface area contributed by atoms with Crippen LogP contribution in [0.3, 0.4) is 0 Å². The van der Waals surface area contributed by atoms with Crippen molar-refractivity contribution in [2.45, 2.75) is 26.7 Å². The number of hydrogen-bond acceptors (Lipinski definition) is 3. The molecule has 0 radical (unpaired) electrons. The maximum Gasteiger partial charge on any atom is 0.233 e. The van der Waals surface area contributed by atoms with E-state index in [9.17, 15) is 4.79 Å². The summed E-state index contributed by atoms with van der Waals surface area (Å²) in [4.78, 5) is 12.7. The van der Waals surface area contributed by atoms with Gasteiger partial charge in [0, 0.05) is 12.8 Å². The zero-order chi connectivity index (χ0) is 14.6. The molecule has 5 heteroatoms. The molecule has 0 spiro atoms. The van der Waals surface area contributed by atoms with Crippen molar-refractivity contribution in [1.82, 2.24) is 5.32 Å². The highest BCUT2D eigenvalue weighted by Crippen LogP contribution is 2.31. The number of carbonyl (C=O) groups excluding carboxylic acids is 1. The second-order valence-corrected chi connectivity index (χ2v) is 5.66. The molecule has 1 aromatic rings. The summed E-state index contributed by atoms with van der Waals surface area (Å²) in [6, 6.07) is 5.99. The van der Waals surface area contributed by atoms with Gasteiger partial charge in [0.1, 0.15) is 0 Å². The molecular weight excluding hydrogens is 288 g/mol. The lowest BCUT2D eigenvalue weighted by molar-refractivity contribution is -0.130. The topological polar surface area (TPSA) is 50.4 Å².